The topological polar surface area (TPSA) is 12.5 Å². The van der Waals surface area contributed by atoms with Crippen molar-refractivity contribution in [2.75, 3.05) is 25.6 Å². The molecule has 1 fully saturated rings. The second-order valence-electron chi connectivity index (χ2n) is 4.24. The third-order valence-corrected chi connectivity index (χ3v) is 2.59. The van der Waals surface area contributed by atoms with Crippen LogP contribution in [0.5, 0.6) is 5.75 Å². The molecule has 0 amide bonds. The zero-order valence-electron chi connectivity index (χ0n) is 9.16. The summed E-state index contributed by atoms with van der Waals surface area (Å²) in [5, 5.41) is 0. The summed E-state index contributed by atoms with van der Waals surface area (Å²) in [6, 6.07) is 5.01. The molecule has 3 heteroatoms. The lowest BCUT2D eigenvalue weighted by Crippen LogP contribution is -2.12. The fourth-order valence-electron chi connectivity index (χ4n) is 1.48. The van der Waals surface area contributed by atoms with Gasteiger partial charge < -0.3 is 9.64 Å². The van der Waals surface area contributed by atoms with Crippen LogP contribution in [0.2, 0.25) is 0 Å². The highest BCUT2D eigenvalue weighted by Crippen LogP contribution is 2.34. The van der Waals surface area contributed by atoms with E-state index in [0.717, 1.165) is 5.69 Å². The number of halogens is 1. The summed E-state index contributed by atoms with van der Waals surface area (Å²) in [6.07, 6.45) is 2.43. The van der Waals surface area contributed by atoms with E-state index in [4.69, 9.17) is 4.74 Å². The molecule has 0 aromatic heterocycles. The van der Waals surface area contributed by atoms with Gasteiger partial charge in [-0.05, 0) is 30.9 Å². The number of anilines is 1. The van der Waals surface area contributed by atoms with Crippen molar-refractivity contribution in [3.8, 4) is 5.75 Å². The number of para-hydroxylation sites is 1. The van der Waals surface area contributed by atoms with Crippen LogP contribution in [0.1, 0.15) is 12.8 Å². The summed E-state index contributed by atoms with van der Waals surface area (Å²) in [6.45, 7) is 0.641. The third-order valence-electron chi connectivity index (χ3n) is 2.59. The summed E-state index contributed by atoms with van der Waals surface area (Å²) in [4.78, 5) is 1.87. The standard InChI is InChI=1S/C12H16FNO/c1-14(2)11-5-3-4-10(13)12(11)15-8-9-6-7-9/h3-5,9H,6-8H2,1-2H3. The Labute approximate surface area is 89.7 Å². The van der Waals surface area contributed by atoms with Crippen molar-refractivity contribution in [1.29, 1.82) is 0 Å². The maximum Gasteiger partial charge on any atom is 0.178 e. The van der Waals surface area contributed by atoms with Gasteiger partial charge in [0.05, 0.1) is 12.3 Å². The summed E-state index contributed by atoms with van der Waals surface area (Å²) in [5.74, 6) is 0.746. The molecule has 1 aromatic carbocycles. The predicted molar refractivity (Wildman–Crippen MR) is 58.9 cm³/mol. The number of hydrogen-bond donors (Lipinski definition) is 0. The van der Waals surface area contributed by atoms with Gasteiger partial charge in [0.2, 0.25) is 0 Å². The van der Waals surface area contributed by atoms with Crippen molar-refractivity contribution in [1.82, 2.24) is 0 Å². The van der Waals surface area contributed by atoms with E-state index >= 15 is 0 Å². The van der Waals surface area contributed by atoms with E-state index in [2.05, 4.69) is 0 Å². The Morgan fingerprint density at radius 1 is 1.40 bits per heavy atom. The quantitative estimate of drug-likeness (QED) is 0.756. The maximum absolute atomic E-state index is 13.5. The molecule has 82 valence electrons. The minimum Gasteiger partial charge on any atom is -0.488 e. The first-order chi connectivity index (χ1) is 7.18. The van der Waals surface area contributed by atoms with E-state index in [9.17, 15) is 4.39 Å². The molecule has 1 saturated carbocycles. The average molecular weight is 209 g/mol. The number of benzene rings is 1. The molecule has 0 N–H and O–H groups in total. The molecule has 0 aliphatic heterocycles. The van der Waals surface area contributed by atoms with Crippen LogP contribution in [0.4, 0.5) is 10.1 Å². The molecule has 0 atom stereocenters. The molecular weight excluding hydrogens is 193 g/mol. The second kappa shape index (κ2) is 4.09. The maximum atomic E-state index is 13.5. The molecule has 2 rings (SSSR count). The predicted octanol–water partition coefficient (Wildman–Crippen LogP) is 2.68. The number of hydrogen-bond acceptors (Lipinski definition) is 2. The van der Waals surface area contributed by atoms with E-state index in [1.165, 1.54) is 18.9 Å². The van der Waals surface area contributed by atoms with Gasteiger partial charge in [-0.15, -0.1) is 0 Å². The molecule has 1 aliphatic carbocycles. The van der Waals surface area contributed by atoms with Crippen molar-refractivity contribution < 1.29 is 9.13 Å². The largest absolute Gasteiger partial charge is 0.488 e. The van der Waals surface area contributed by atoms with Crippen molar-refractivity contribution in [3.63, 3.8) is 0 Å². The van der Waals surface area contributed by atoms with Crippen LogP contribution in [0.25, 0.3) is 0 Å². The van der Waals surface area contributed by atoms with Crippen LogP contribution in [0.15, 0.2) is 18.2 Å². The van der Waals surface area contributed by atoms with Crippen LogP contribution in [0.3, 0.4) is 0 Å². The minimum atomic E-state index is -0.276. The highest BCUT2D eigenvalue weighted by Gasteiger charge is 2.23. The average Bonchev–Trinajstić information content (AvgIpc) is 2.99. The van der Waals surface area contributed by atoms with Gasteiger partial charge in [-0.25, -0.2) is 4.39 Å². The fourth-order valence-corrected chi connectivity index (χ4v) is 1.48. The Bertz CT molecular complexity index is 347. The van der Waals surface area contributed by atoms with Crippen LogP contribution < -0.4 is 9.64 Å². The highest BCUT2D eigenvalue weighted by molar-refractivity contribution is 5.58. The van der Waals surface area contributed by atoms with E-state index in [-0.39, 0.29) is 5.82 Å². The monoisotopic (exact) mass is 209 g/mol. The number of ether oxygens (including phenoxy) is 1. The van der Waals surface area contributed by atoms with E-state index in [1.54, 1.807) is 6.07 Å². The Hall–Kier alpha value is -1.25. The van der Waals surface area contributed by atoms with Gasteiger partial charge in [-0.2, -0.15) is 0 Å². The van der Waals surface area contributed by atoms with Gasteiger partial charge >= 0.3 is 0 Å². The minimum absolute atomic E-state index is 0.276. The van der Waals surface area contributed by atoms with Crippen molar-refractivity contribution in [3.05, 3.63) is 24.0 Å². The number of rotatable bonds is 4. The molecule has 0 spiro atoms. The molecule has 0 unspecified atom stereocenters. The third kappa shape index (κ3) is 2.41. The smallest absolute Gasteiger partial charge is 0.178 e. The zero-order valence-corrected chi connectivity index (χ0v) is 9.16. The summed E-state index contributed by atoms with van der Waals surface area (Å²) in [5.41, 5.74) is 0.802. The van der Waals surface area contributed by atoms with Gasteiger partial charge in [0.15, 0.2) is 11.6 Å². The van der Waals surface area contributed by atoms with Crippen molar-refractivity contribution >= 4 is 5.69 Å². The molecule has 0 bridgehead atoms. The van der Waals surface area contributed by atoms with Gasteiger partial charge in [0.25, 0.3) is 0 Å². The number of nitrogens with zero attached hydrogens (tertiary/aromatic N) is 1. The molecule has 1 aliphatic rings. The normalized spacial score (nSPS) is 15.1. The van der Waals surface area contributed by atoms with E-state index in [1.807, 2.05) is 25.1 Å². The summed E-state index contributed by atoms with van der Waals surface area (Å²) < 4.78 is 19.1. The molecule has 15 heavy (non-hydrogen) atoms. The first-order valence-corrected chi connectivity index (χ1v) is 5.27. The lowest BCUT2D eigenvalue weighted by molar-refractivity contribution is 0.286. The van der Waals surface area contributed by atoms with Crippen LogP contribution in [-0.2, 0) is 0 Å². The van der Waals surface area contributed by atoms with Crippen LogP contribution in [0, 0.1) is 11.7 Å². The van der Waals surface area contributed by atoms with Crippen molar-refractivity contribution in [2.45, 2.75) is 12.8 Å². The van der Waals surface area contributed by atoms with E-state index < -0.39 is 0 Å². The lowest BCUT2D eigenvalue weighted by atomic mass is 10.2. The van der Waals surface area contributed by atoms with Gasteiger partial charge in [0.1, 0.15) is 0 Å². The lowest BCUT2D eigenvalue weighted by Gasteiger charge is -2.18. The van der Waals surface area contributed by atoms with Crippen LogP contribution in [-0.4, -0.2) is 20.7 Å². The van der Waals surface area contributed by atoms with Gasteiger partial charge in [-0.1, -0.05) is 6.07 Å². The summed E-state index contributed by atoms with van der Waals surface area (Å²) in [7, 11) is 3.78. The molecule has 0 heterocycles. The Balaban J connectivity index is 2.16. The highest BCUT2D eigenvalue weighted by atomic mass is 19.1. The first-order valence-electron chi connectivity index (χ1n) is 5.27. The SMILES string of the molecule is CN(C)c1cccc(F)c1OCC1CC1. The van der Waals surface area contributed by atoms with E-state index in [0.29, 0.717) is 18.3 Å². The van der Waals surface area contributed by atoms with Gasteiger partial charge in [0, 0.05) is 14.1 Å². The molecule has 1 aromatic rings. The first kappa shape index (κ1) is 10.3. The fraction of sp³-hybridized carbons (Fsp3) is 0.500. The molecule has 2 nitrogen and oxygen atoms in total. The zero-order chi connectivity index (χ0) is 10.8. The van der Waals surface area contributed by atoms with Crippen molar-refractivity contribution in [2.24, 2.45) is 5.92 Å². The Morgan fingerprint density at radius 3 is 2.73 bits per heavy atom. The second-order valence-corrected chi connectivity index (χ2v) is 4.24. The molecular formula is C12H16FNO. The van der Waals surface area contributed by atoms with Gasteiger partial charge in [-0.3, -0.25) is 0 Å². The van der Waals surface area contributed by atoms with Crippen LogP contribution >= 0.6 is 0 Å². The molecule has 0 saturated heterocycles. The Morgan fingerprint density at radius 2 is 2.13 bits per heavy atom. The summed E-state index contributed by atoms with van der Waals surface area (Å²) >= 11 is 0. The molecule has 0 radical (unpaired) electrons. The Kier molecular flexibility index (Phi) is 2.80.